The minimum absolute atomic E-state index is 0.0116. The van der Waals surface area contributed by atoms with Gasteiger partial charge in [0.15, 0.2) is 5.78 Å². The maximum absolute atomic E-state index is 13.0. The highest BCUT2D eigenvalue weighted by Gasteiger charge is 2.26. The number of rotatable bonds is 6. The Bertz CT molecular complexity index is 803. The van der Waals surface area contributed by atoms with Crippen molar-refractivity contribution in [3.63, 3.8) is 0 Å². The van der Waals surface area contributed by atoms with Crippen LogP contribution in [0.5, 0.6) is 5.75 Å². The second-order valence-electron chi connectivity index (χ2n) is 6.91. The number of nitrogens with one attached hydrogen (secondary N) is 1. The van der Waals surface area contributed by atoms with Crippen LogP contribution in [0.3, 0.4) is 0 Å². The summed E-state index contributed by atoms with van der Waals surface area (Å²) in [6.45, 7) is 4.70. The number of methoxy groups -OCH3 is 1. The molecule has 3 rings (SSSR count). The standard InChI is InChI=1S/C21H26N2O3/c1-15(24)22-9-11-23-10-3-4-19(14-23)21(25)18-6-5-17-13-20(26-2)8-7-16(17)12-18/h5-8,12-13,19H,3-4,9-11,14H2,1-2H3,(H,22,24)/t19-/m0/s1. The number of piperidine rings is 1. The monoisotopic (exact) mass is 354 g/mol. The highest BCUT2D eigenvalue weighted by Crippen LogP contribution is 2.25. The minimum Gasteiger partial charge on any atom is -0.497 e. The average Bonchev–Trinajstić information content (AvgIpc) is 2.66. The molecule has 0 saturated carbocycles. The molecule has 138 valence electrons. The Labute approximate surface area is 154 Å². The summed E-state index contributed by atoms with van der Waals surface area (Å²) in [6.07, 6.45) is 1.94. The number of ketones is 1. The van der Waals surface area contributed by atoms with Crippen molar-refractivity contribution in [2.75, 3.05) is 33.3 Å². The Hall–Kier alpha value is -2.40. The van der Waals surface area contributed by atoms with E-state index in [1.165, 1.54) is 6.92 Å². The number of nitrogens with zero attached hydrogens (tertiary/aromatic N) is 1. The third-order valence-electron chi connectivity index (χ3n) is 5.01. The molecule has 1 heterocycles. The fourth-order valence-electron chi connectivity index (χ4n) is 3.60. The first-order valence-corrected chi connectivity index (χ1v) is 9.15. The maximum atomic E-state index is 13.0. The number of amides is 1. The van der Waals surface area contributed by atoms with Gasteiger partial charge in [-0.25, -0.2) is 0 Å². The lowest BCUT2D eigenvalue weighted by Gasteiger charge is -2.32. The van der Waals surface area contributed by atoms with Crippen LogP contribution in [0.1, 0.15) is 30.1 Å². The van der Waals surface area contributed by atoms with E-state index < -0.39 is 0 Å². The molecule has 1 fully saturated rings. The molecule has 0 aromatic heterocycles. The average molecular weight is 354 g/mol. The first-order chi connectivity index (χ1) is 12.6. The van der Waals surface area contributed by atoms with E-state index in [1.54, 1.807) is 7.11 Å². The van der Waals surface area contributed by atoms with Crippen molar-refractivity contribution in [2.24, 2.45) is 5.92 Å². The van der Waals surface area contributed by atoms with Gasteiger partial charge in [0.05, 0.1) is 7.11 Å². The lowest BCUT2D eigenvalue weighted by atomic mass is 9.89. The summed E-state index contributed by atoms with van der Waals surface area (Å²) >= 11 is 0. The number of fused-ring (bicyclic) bond motifs is 1. The van der Waals surface area contributed by atoms with Crippen LogP contribution >= 0.6 is 0 Å². The normalized spacial score (nSPS) is 17.8. The second-order valence-corrected chi connectivity index (χ2v) is 6.91. The van der Waals surface area contributed by atoms with Crippen LogP contribution in [0, 0.1) is 5.92 Å². The molecule has 5 nitrogen and oxygen atoms in total. The summed E-state index contributed by atoms with van der Waals surface area (Å²) in [5.74, 6) is 1.05. The Morgan fingerprint density at radius 1 is 1.19 bits per heavy atom. The Morgan fingerprint density at radius 3 is 2.73 bits per heavy atom. The number of likely N-dealkylation sites (tertiary alicyclic amines) is 1. The third kappa shape index (κ3) is 4.41. The molecule has 1 saturated heterocycles. The molecule has 0 radical (unpaired) electrons. The zero-order valence-electron chi connectivity index (χ0n) is 15.5. The molecular weight excluding hydrogens is 328 g/mol. The molecule has 1 atom stereocenters. The highest BCUT2D eigenvalue weighted by atomic mass is 16.5. The SMILES string of the molecule is COc1ccc2cc(C(=O)[C@H]3CCCN(CCNC(C)=O)C3)ccc2c1. The molecule has 1 aliphatic heterocycles. The number of carbonyl (C=O) groups excluding carboxylic acids is 2. The summed E-state index contributed by atoms with van der Waals surface area (Å²) in [6, 6.07) is 11.8. The molecule has 26 heavy (non-hydrogen) atoms. The van der Waals surface area contributed by atoms with Crippen molar-refractivity contribution in [3.8, 4) is 5.75 Å². The topological polar surface area (TPSA) is 58.6 Å². The predicted molar refractivity (Wildman–Crippen MR) is 103 cm³/mol. The van der Waals surface area contributed by atoms with E-state index in [1.807, 2.05) is 36.4 Å². The lowest BCUT2D eigenvalue weighted by Crippen LogP contribution is -2.42. The number of Topliss-reactive ketones (excluding diaryl/α,β-unsaturated/α-hetero) is 1. The molecule has 1 N–H and O–H groups in total. The van der Waals surface area contributed by atoms with E-state index in [2.05, 4.69) is 10.2 Å². The molecule has 0 aliphatic carbocycles. The number of ether oxygens (including phenoxy) is 1. The fourth-order valence-corrected chi connectivity index (χ4v) is 3.60. The van der Waals surface area contributed by atoms with Gasteiger partial charge in [-0.1, -0.05) is 18.2 Å². The van der Waals surface area contributed by atoms with Gasteiger partial charge in [0.25, 0.3) is 0 Å². The van der Waals surface area contributed by atoms with Crippen LogP contribution in [-0.2, 0) is 4.79 Å². The largest absolute Gasteiger partial charge is 0.497 e. The van der Waals surface area contributed by atoms with Crippen LogP contribution < -0.4 is 10.1 Å². The fraction of sp³-hybridized carbons (Fsp3) is 0.429. The van der Waals surface area contributed by atoms with Gasteiger partial charge in [0, 0.05) is 38.0 Å². The van der Waals surface area contributed by atoms with Gasteiger partial charge in [-0.15, -0.1) is 0 Å². The van der Waals surface area contributed by atoms with Gasteiger partial charge in [0.1, 0.15) is 5.75 Å². The molecular formula is C21H26N2O3. The summed E-state index contributed by atoms with van der Waals surface area (Å²) in [5.41, 5.74) is 0.774. The van der Waals surface area contributed by atoms with Gasteiger partial charge < -0.3 is 15.0 Å². The molecule has 5 heteroatoms. The zero-order chi connectivity index (χ0) is 18.5. The van der Waals surface area contributed by atoms with Crippen LogP contribution in [0.15, 0.2) is 36.4 Å². The summed E-state index contributed by atoms with van der Waals surface area (Å²) < 4.78 is 5.26. The van der Waals surface area contributed by atoms with Gasteiger partial charge in [-0.3, -0.25) is 9.59 Å². The lowest BCUT2D eigenvalue weighted by molar-refractivity contribution is -0.119. The summed E-state index contributed by atoms with van der Waals surface area (Å²) in [4.78, 5) is 26.2. The molecule has 1 aliphatic rings. The summed E-state index contributed by atoms with van der Waals surface area (Å²) in [7, 11) is 1.65. The third-order valence-corrected chi connectivity index (χ3v) is 5.01. The predicted octanol–water partition coefficient (Wildman–Crippen LogP) is 2.88. The Kier molecular flexibility index (Phi) is 5.89. The van der Waals surface area contributed by atoms with Crippen molar-refractivity contribution in [2.45, 2.75) is 19.8 Å². The van der Waals surface area contributed by atoms with Crippen molar-refractivity contribution in [1.82, 2.24) is 10.2 Å². The van der Waals surface area contributed by atoms with Crippen LogP contribution in [-0.4, -0.2) is 49.9 Å². The Balaban J connectivity index is 1.67. The van der Waals surface area contributed by atoms with E-state index in [9.17, 15) is 9.59 Å². The van der Waals surface area contributed by atoms with Crippen LogP contribution in [0.2, 0.25) is 0 Å². The van der Waals surface area contributed by atoms with Crippen molar-refractivity contribution in [1.29, 1.82) is 0 Å². The molecule has 2 aromatic rings. The van der Waals surface area contributed by atoms with Gasteiger partial charge in [-0.2, -0.15) is 0 Å². The number of carbonyl (C=O) groups is 2. The maximum Gasteiger partial charge on any atom is 0.216 e. The van der Waals surface area contributed by atoms with Gasteiger partial charge in [-0.05, 0) is 48.4 Å². The second kappa shape index (κ2) is 8.32. The van der Waals surface area contributed by atoms with Crippen LogP contribution in [0.25, 0.3) is 10.8 Å². The molecule has 0 unspecified atom stereocenters. The van der Waals surface area contributed by atoms with Crippen molar-refractivity contribution in [3.05, 3.63) is 42.0 Å². The molecule has 0 spiro atoms. The van der Waals surface area contributed by atoms with E-state index >= 15 is 0 Å². The van der Waals surface area contributed by atoms with E-state index in [0.717, 1.165) is 54.6 Å². The summed E-state index contributed by atoms with van der Waals surface area (Å²) in [5, 5.41) is 4.94. The van der Waals surface area contributed by atoms with E-state index in [4.69, 9.17) is 4.74 Å². The first kappa shape index (κ1) is 18.4. The smallest absolute Gasteiger partial charge is 0.216 e. The molecule has 1 amide bonds. The van der Waals surface area contributed by atoms with E-state index in [-0.39, 0.29) is 17.6 Å². The van der Waals surface area contributed by atoms with Gasteiger partial charge >= 0.3 is 0 Å². The van der Waals surface area contributed by atoms with Crippen molar-refractivity contribution >= 4 is 22.5 Å². The zero-order valence-corrected chi connectivity index (χ0v) is 15.5. The number of hydrogen-bond donors (Lipinski definition) is 1. The number of benzene rings is 2. The number of hydrogen-bond acceptors (Lipinski definition) is 4. The highest BCUT2D eigenvalue weighted by molar-refractivity contribution is 6.01. The van der Waals surface area contributed by atoms with Crippen LogP contribution in [0.4, 0.5) is 0 Å². The van der Waals surface area contributed by atoms with Gasteiger partial charge in [0.2, 0.25) is 5.91 Å². The first-order valence-electron chi connectivity index (χ1n) is 9.15. The van der Waals surface area contributed by atoms with E-state index in [0.29, 0.717) is 6.54 Å². The van der Waals surface area contributed by atoms with Crippen molar-refractivity contribution < 1.29 is 14.3 Å². The minimum atomic E-state index is -0.0116. The molecule has 0 bridgehead atoms. The quantitative estimate of drug-likeness (QED) is 0.811. The molecule has 2 aromatic carbocycles. The Morgan fingerprint density at radius 2 is 1.96 bits per heavy atom.